The molecule has 0 spiro atoms. The maximum absolute atomic E-state index is 13.7. The molecule has 200 valence electrons. The molecular weight excluding hydrogens is 504 g/mol. The van der Waals surface area contributed by atoms with Crippen LogP contribution in [0.4, 0.5) is 0 Å². The van der Waals surface area contributed by atoms with Crippen molar-refractivity contribution in [1.82, 2.24) is 4.57 Å². The molecule has 0 aliphatic carbocycles. The van der Waals surface area contributed by atoms with Crippen molar-refractivity contribution >= 4 is 23.4 Å². The van der Waals surface area contributed by atoms with Crippen LogP contribution < -0.4 is 29.1 Å². The summed E-state index contributed by atoms with van der Waals surface area (Å²) in [5.41, 5.74) is 1.56. The molecule has 3 aromatic rings. The summed E-state index contributed by atoms with van der Waals surface area (Å²) in [6.07, 6.45) is 5.37. The van der Waals surface area contributed by atoms with Crippen LogP contribution in [-0.2, 0) is 9.53 Å². The summed E-state index contributed by atoms with van der Waals surface area (Å²) in [7, 11) is 1.31. The van der Waals surface area contributed by atoms with E-state index in [2.05, 4.69) is 11.9 Å². The number of carbonyl (C=O) groups excluding carboxylic acids is 1. The van der Waals surface area contributed by atoms with Crippen molar-refractivity contribution in [2.24, 2.45) is 4.99 Å². The number of aromatic nitrogens is 1. The Hall–Kier alpha value is -3.85. The van der Waals surface area contributed by atoms with Gasteiger partial charge in [-0.3, -0.25) is 9.36 Å². The molecular formula is C29H32N2O6S. The summed E-state index contributed by atoms with van der Waals surface area (Å²) in [5, 5.41) is 0. The van der Waals surface area contributed by atoms with E-state index < -0.39 is 12.0 Å². The van der Waals surface area contributed by atoms with E-state index in [1.807, 2.05) is 50.3 Å². The second kappa shape index (κ2) is 12.6. The van der Waals surface area contributed by atoms with Crippen LogP contribution in [0.3, 0.4) is 0 Å². The zero-order valence-corrected chi connectivity index (χ0v) is 22.9. The molecule has 1 aliphatic heterocycles. The molecule has 0 fully saturated rings. The Morgan fingerprint density at radius 3 is 2.45 bits per heavy atom. The molecule has 4 rings (SSSR count). The van der Waals surface area contributed by atoms with E-state index in [1.54, 1.807) is 12.1 Å². The Morgan fingerprint density at radius 1 is 1.03 bits per heavy atom. The van der Waals surface area contributed by atoms with Crippen molar-refractivity contribution in [1.29, 1.82) is 0 Å². The van der Waals surface area contributed by atoms with Gasteiger partial charge in [0, 0.05) is 6.20 Å². The molecule has 0 unspecified atom stereocenters. The quantitative estimate of drug-likeness (QED) is 0.272. The predicted molar refractivity (Wildman–Crippen MR) is 147 cm³/mol. The van der Waals surface area contributed by atoms with E-state index >= 15 is 0 Å². The molecule has 38 heavy (non-hydrogen) atoms. The zero-order valence-electron chi connectivity index (χ0n) is 22.1. The highest BCUT2D eigenvalue weighted by atomic mass is 32.1. The number of methoxy groups -OCH3 is 1. The van der Waals surface area contributed by atoms with E-state index in [9.17, 15) is 9.59 Å². The first kappa shape index (κ1) is 27.2. The molecule has 1 aromatic heterocycles. The van der Waals surface area contributed by atoms with Gasteiger partial charge < -0.3 is 18.9 Å². The number of thiazole rings is 1. The summed E-state index contributed by atoms with van der Waals surface area (Å²) in [6, 6.07) is 12.3. The molecule has 1 aliphatic rings. The molecule has 0 amide bonds. The molecule has 9 heteroatoms. The van der Waals surface area contributed by atoms with E-state index in [-0.39, 0.29) is 11.1 Å². The molecule has 8 nitrogen and oxygen atoms in total. The van der Waals surface area contributed by atoms with Gasteiger partial charge in [0.15, 0.2) is 16.3 Å². The number of fused-ring (bicyclic) bond motifs is 1. The Bertz CT molecular complexity index is 1490. The number of carbonyl (C=O) groups is 1. The van der Waals surface area contributed by atoms with Gasteiger partial charge in [-0.2, -0.15) is 0 Å². The minimum Gasteiger partial charge on any atom is -0.494 e. The maximum Gasteiger partial charge on any atom is 0.337 e. The van der Waals surface area contributed by atoms with Crippen molar-refractivity contribution in [3.8, 4) is 17.2 Å². The van der Waals surface area contributed by atoms with Crippen LogP contribution in [-0.4, -0.2) is 37.5 Å². The number of nitrogens with zero attached hydrogens (tertiary/aromatic N) is 2. The van der Waals surface area contributed by atoms with Gasteiger partial charge in [0.1, 0.15) is 5.75 Å². The molecule has 0 saturated carbocycles. The zero-order chi connectivity index (χ0) is 27.1. The van der Waals surface area contributed by atoms with Gasteiger partial charge in [-0.15, -0.1) is 0 Å². The summed E-state index contributed by atoms with van der Waals surface area (Å²) in [6.45, 7) is 7.49. The Labute approximate surface area is 225 Å². The van der Waals surface area contributed by atoms with Crippen LogP contribution in [0.25, 0.3) is 6.08 Å². The maximum atomic E-state index is 13.7. The van der Waals surface area contributed by atoms with Crippen LogP contribution in [0.1, 0.15) is 50.8 Å². The fourth-order valence-electron chi connectivity index (χ4n) is 4.13. The van der Waals surface area contributed by atoms with Crippen molar-refractivity contribution in [2.45, 2.75) is 39.7 Å². The summed E-state index contributed by atoms with van der Waals surface area (Å²) < 4.78 is 24.3. The van der Waals surface area contributed by atoms with Crippen LogP contribution in [0.2, 0.25) is 0 Å². The third kappa shape index (κ3) is 5.83. The summed E-state index contributed by atoms with van der Waals surface area (Å²) in [5.74, 6) is 1.37. The van der Waals surface area contributed by atoms with E-state index in [0.717, 1.165) is 24.2 Å². The number of rotatable bonds is 11. The first-order valence-corrected chi connectivity index (χ1v) is 13.5. The molecule has 0 radical (unpaired) electrons. The molecule has 0 bridgehead atoms. The van der Waals surface area contributed by atoms with Crippen LogP contribution in [0.15, 0.2) is 64.0 Å². The number of esters is 1. The van der Waals surface area contributed by atoms with Gasteiger partial charge in [0.2, 0.25) is 0 Å². The third-order valence-electron chi connectivity index (χ3n) is 5.95. The number of hydrogen-bond donors (Lipinski definition) is 0. The average molecular weight is 537 g/mol. The number of benzene rings is 2. The molecule has 0 saturated heterocycles. The van der Waals surface area contributed by atoms with Gasteiger partial charge in [-0.25, -0.2) is 9.79 Å². The Balaban J connectivity index is 1.78. The first-order valence-electron chi connectivity index (χ1n) is 12.7. The highest BCUT2D eigenvalue weighted by Gasteiger charge is 2.31. The standard InChI is InChI=1S/C29H32N2O6S/c1-5-8-15-37-21-12-9-19(10-13-21)16-25-27(32)31-26(22(28(33)34-4)18-30-29(31)38-25)20-11-14-23(35-6-2)24(17-20)36-7-3/h9-14,16-18,26H,5-8,15H2,1-4H3/b25-16-/t26-/m0/s1. The Morgan fingerprint density at radius 2 is 1.76 bits per heavy atom. The summed E-state index contributed by atoms with van der Waals surface area (Å²) >= 11 is 1.27. The van der Waals surface area contributed by atoms with Crippen LogP contribution in [0, 0.1) is 0 Å². The van der Waals surface area contributed by atoms with E-state index in [4.69, 9.17) is 18.9 Å². The van der Waals surface area contributed by atoms with Gasteiger partial charge >= 0.3 is 5.97 Å². The average Bonchev–Trinajstić information content (AvgIpc) is 3.25. The lowest BCUT2D eigenvalue weighted by Crippen LogP contribution is -2.39. The second-order valence-corrected chi connectivity index (χ2v) is 9.53. The van der Waals surface area contributed by atoms with Crippen LogP contribution in [0.5, 0.6) is 17.2 Å². The lowest BCUT2D eigenvalue weighted by molar-refractivity contribution is -0.136. The minimum atomic E-state index is -0.731. The third-order valence-corrected chi connectivity index (χ3v) is 6.95. The lowest BCUT2D eigenvalue weighted by Gasteiger charge is -2.23. The first-order chi connectivity index (χ1) is 18.5. The highest BCUT2D eigenvalue weighted by Crippen LogP contribution is 2.35. The van der Waals surface area contributed by atoms with Crippen molar-refractivity contribution < 1.29 is 23.7 Å². The highest BCUT2D eigenvalue weighted by molar-refractivity contribution is 7.07. The largest absolute Gasteiger partial charge is 0.494 e. The van der Waals surface area contributed by atoms with Crippen molar-refractivity contribution in [2.75, 3.05) is 26.9 Å². The monoisotopic (exact) mass is 536 g/mol. The smallest absolute Gasteiger partial charge is 0.337 e. The van der Waals surface area contributed by atoms with Gasteiger partial charge in [0.25, 0.3) is 5.56 Å². The SMILES string of the molecule is CCCCOc1ccc(/C=c2\sc3n(c2=O)[C@@H](c2ccc(OCC)c(OCC)c2)C(C(=O)OC)=CN=3)cc1. The fourth-order valence-corrected chi connectivity index (χ4v) is 5.10. The van der Waals surface area contributed by atoms with Crippen molar-refractivity contribution in [3.63, 3.8) is 0 Å². The lowest BCUT2D eigenvalue weighted by atomic mass is 9.97. The van der Waals surface area contributed by atoms with Crippen molar-refractivity contribution in [3.05, 3.63) is 85.1 Å². The molecule has 2 heterocycles. The topological polar surface area (TPSA) is 88.3 Å². The number of unbranched alkanes of at least 4 members (excludes halogenated alkanes) is 1. The summed E-state index contributed by atoms with van der Waals surface area (Å²) in [4.78, 5) is 31.4. The number of hydrogen-bond acceptors (Lipinski definition) is 8. The van der Waals surface area contributed by atoms with Gasteiger partial charge in [0.05, 0.1) is 43.1 Å². The Kier molecular flexibility index (Phi) is 9.02. The minimum absolute atomic E-state index is 0.247. The van der Waals surface area contributed by atoms with E-state index in [0.29, 0.717) is 46.2 Å². The van der Waals surface area contributed by atoms with Gasteiger partial charge in [-0.1, -0.05) is 42.9 Å². The molecule has 1 atom stereocenters. The second-order valence-electron chi connectivity index (χ2n) is 8.52. The number of ether oxygens (including phenoxy) is 4. The fraction of sp³-hybridized carbons (Fsp3) is 0.345. The van der Waals surface area contributed by atoms with Crippen LogP contribution >= 0.6 is 11.3 Å². The molecule has 2 aromatic carbocycles. The van der Waals surface area contributed by atoms with E-state index in [1.165, 1.54) is 29.2 Å². The van der Waals surface area contributed by atoms with Gasteiger partial charge in [-0.05, 0) is 61.7 Å². The predicted octanol–water partition coefficient (Wildman–Crippen LogP) is 3.99. The normalized spacial score (nSPS) is 14.8. The molecule has 0 N–H and O–H groups in total.